The van der Waals surface area contributed by atoms with Crippen molar-refractivity contribution in [3.05, 3.63) is 212 Å². The Bertz CT molecular complexity index is 2920. The molecular formula is C53H35N3. The van der Waals surface area contributed by atoms with Gasteiger partial charge in [0.25, 0.3) is 0 Å². The SMILES string of the molecule is c1ccc(-c2cc(-c3ccccc3)cc(-c3cc(-c4cc5ccccc5c5c(-c6ccccc6)cc(-c6ccccc6)nc45)nc(-c4ccccc4)n3)c2)cc1. The molecule has 0 aliphatic heterocycles. The van der Waals surface area contributed by atoms with Crippen molar-refractivity contribution in [2.24, 2.45) is 0 Å². The largest absolute Gasteiger partial charge is 0.247 e. The van der Waals surface area contributed by atoms with Gasteiger partial charge in [0.15, 0.2) is 5.82 Å². The van der Waals surface area contributed by atoms with Crippen LogP contribution < -0.4 is 0 Å². The van der Waals surface area contributed by atoms with E-state index in [9.17, 15) is 0 Å². The molecule has 0 N–H and O–H groups in total. The van der Waals surface area contributed by atoms with Crippen LogP contribution >= 0.6 is 0 Å². The summed E-state index contributed by atoms with van der Waals surface area (Å²) in [5.74, 6) is 0.660. The van der Waals surface area contributed by atoms with Gasteiger partial charge in [0, 0.05) is 27.6 Å². The van der Waals surface area contributed by atoms with Gasteiger partial charge in [-0.2, -0.15) is 0 Å². The van der Waals surface area contributed by atoms with Gasteiger partial charge >= 0.3 is 0 Å². The molecule has 10 rings (SSSR count). The molecule has 0 saturated heterocycles. The van der Waals surface area contributed by atoms with Crippen LogP contribution in [0.4, 0.5) is 0 Å². The Morgan fingerprint density at radius 3 is 1.34 bits per heavy atom. The van der Waals surface area contributed by atoms with Gasteiger partial charge in [0.05, 0.1) is 22.6 Å². The predicted octanol–water partition coefficient (Wildman–Crippen LogP) is 13.8. The number of aromatic nitrogens is 3. The molecule has 0 spiro atoms. The van der Waals surface area contributed by atoms with Gasteiger partial charge in [-0.25, -0.2) is 15.0 Å². The highest BCUT2D eigenvalue weighted by Crippen LogP contribution is 2.42. The Kier molecular flexibility index (Phi) is 8.51. The molecule has 2 aromatic heterocycles. The monoisotopic (exact) mass is 713 g/mol. The van der Waals surface area contributed by atoms with E-state index in [0.29, 0.717) is 5.82 Å². The lowest BCUT2D eigenvalue weighted by atomic mass is 9.91. The number of hydrogen-bond donors (Lipinski definition) is 0. The van der Waals surface area contributed by atoms with E-state index in [2.05, 4.69) is 188 Å². The van der Waals surface area contributed by atoms with Gasteiger partial charge in [-0.3, -0.25) is 0 Å². The van der Waals surface area contributed by atoms with Gasteiger partial charge in [-0.1, -0.05) is 176 Å². The van der Waals surface area contributed by atoms with Gasteiger partial charge < -0.3 is 0 Å². The number of benzene rings is 8. The molecule has 0 amide bonds. The standard InChI is InChI=1S/C53H35N3/c1-6-18-36(19-7-1)42-30-43(37-20-8-2-9-21-37)32-44(31-42)49-35-50(56-53(55-49)40-26-14-5-15-27-40)47-33-41-28-16-17-29-45(41)51-46(38-22-10-3-11-23-38)34-48(54-52(47)51)39-24-12-4-13-25-39/h1-35H. The van der Waals surface area contributed by atoms with Crippen LogP contribution in [-0.2, 0) is 0 Å². The molecule has 0 unspecified atom stereocenters. The van der Waals surface area contributed by atoms with E-state index in [1.807, 2.05) is 24.3 Å². The average molecular weight is 714 g/mol. The van der Waals surface area contributed by atoms with Crippen molar-refractivity contribution in [1.82, 2.24) is 15.0 Å². The summed E-state index contributed by atoms with van der Waals surface area (Å²) in [4.78, 5) is 16.2. The van der Waals surface area contributed by atoms with Crippen LogP contribution in [0.2, 0.25) is 0 Å². The zero-order chi connectivity index (χ0) is 37.3. The highest BCUT2D eigenvalue weighted by Gasteiger charge is 2.20. The molecule has 0 aliphatic rings. The molecule has 56 heavy (non-hydrogen) atoms. The maximum atomic E-state index is 5.51. The molecule has 8 aromatic carbocycles. The fourth-order valence-electron chi connectivity index (χ4n) is 7.70. The van der Waals surface area contributed by atoms with Crippen molar-refractivity contribution in [1.29, 1.82) is 0 Å². The Labute approximate surface area is 326 Å². The highest BCUT2D eigenvalue weighted by atomic mass is 14.9. The Morgan fingerprint density at radius 1 is 0.268 bits per heavy atom. The molecule has 3 nitrogen and oxygen atoms in total. The molecule has 2 heterocycles. The number of nitrogens with zero attached hydrogens (tertiary/aromatic N) is 3. The fraction of sp³-hybridized carbons (Fsp3) is 0. The molecule has 0 bridgehead atoms. The first-order valence-electron chi connectivity index (χ1n) is 18.9. The minimum Gasteiger partial charge on any atom is -0.247 e. The van der Waals surface area contributed by atoms with Crippen LogP contribution in [0.5, 0.6) is 0 Å². The second-order valence-corrected chi connectivity index (χ2v) is 14.0. The summed E-state index contributed by atoms with van der Waals surface area (Å²) in [6, 6.07) is 74.5. The Balaban J connectivity index is 1.29. The van der Waals surface area contributed by atoms with E-state index in [4.69, 9.17) is 15.0 Å². The van der Waals surface area contributed by atoms with Crippen LogP contribution in [-0.4, -0.2) is 15.0 Å². The lowest BCUT2D eigenvalue weighted by Gasteiger charge is -2.17. The van der Waals surface area contributed by atoms with Crippen molar-refractivity contribution in [3.63, 3.8) is 0 Å². The second-order valence-electron chi connectivity index (χ2n) is 14.0. The van der Waals surface area contributed by atoms with Gasteiger partial charge in [-0.15, -0.1) is 0 Å². The number of rotatable bonds is 7. The van der Waals surface area contributed by atoms with Crippen LogP contribution in [0.3, 0.4) is 0 Å². The Hall–Kier alpha value is -7.49. The molecule has 0 saturated carbocycles. The third-order valence-electron chi connectivity index (χ3n) is 10.4. The summed E-state index contributed by atoms with van der Waals surface area (Å²) in [6.45, 7) is 0. The summed E-state index contributed by atoms with van der Waals surface area (Å²) in [5, 5.41) is 3.38. The summed E-state index contributed by atoms with van der Waals surface area (Å²) in [7, 11) is 0. The summed E-state index contributed by atoms with van der Waals surface area (Å²) < 4.78 is 0. The minimum atomic E-state index is 0.660. The van der Waals surface area contributed by atoms with Crippen LogP contribution in [0, 0.1) is 0 Å². The van der Waals surface area contributed by atoms with Crippen molar-refractivity contribution < 1.29 is 0 Å². The number of pyridine rings is 1. The first-order chi connectivity index (χ1) is 27.7. The molecule has 0 fully saturated rings. The third-order valence-corrected chi connectivity index (χ3v) is 10.4. The molecule has 3 heteroatoms. The number of fused-ring (bicyclic) bond motifs is 3. The van der Waals surface area contributed by atoms with E-state index in [-0.39, 0.29) is 0 Å². The van der Waals surface area contributed by atoms with Crippen molar-refractivity contribution in [2.75, 3.05) is 0 Å². The van der Waals surface area contributed by atoms with Crippen LogP contribution in [0.25, 0.3) is 100 Å². The van der Waals surface area contributed by atoms with E-state index in [1.165, 1.54) is 0 Å². The minimum absolute atomic E-state index is 0.660. The Morgan fingerprint density at radius 2 is 0.732 bits per heavy atom. The lowest BCUT2D eigenvalue weighted by molar-refractivity contribution is 1.18. The van der Waals surface area contributed by atoms with E-state index < -0.39 is 0 Å². The zero-order valence-corrected chi connectivity index (χ0v) is 30.5. The number of hydrogen-bond acceptors (Lipinski definition) is 3. The van der Waals surface area contributed by atoms with E-state index >= 15 is 0 Å². The smallest absolute Gasteiger partial charge is 0.160 e. The molecular weight excluding hydrogens is 679 g/mol. The van der Waals surface area contributed by atoms with Gasteiger partial charge in [0.1, 0.15) is 0 Å². The summed E-state index contributed by atoms with van der Waals surface area (Å²) in [6.07, 6.45) is 0. The van der Waals surface area contributed by atoms with Crippen molar-refractivity contribution >= 4 is 21.7 Å². The summed E-state index contributed by atoms with van der Waals surface area (Å²) in [5.41, 5.74) is 14.3. The quantitative estimate of drug-likeness (QED) is 0.154. The van der Waals surface area contributed by atoms with Crippen molar-refractivity contribution in [2.45, 2.75) is 0 Å². The van der Waals surface area contributed by atoms with Gasteiger partial charge in [0.2, 0.25) is 0 Å². The molecule has 0 aliphatic carbocycles. The van der Waals surface area contributed by atoms with Crippen LogP contribution in [0.1, 0.15) is 0 Å². The fourth-order valence-corrected chi connectivity index (χ4v) is 7.70. The first kappa shape index (κ1) is 33.1. The average Bonchev–Trinajstić information content (AvgIpc) is 3.29. The highest BCUT2D eigenvalue weighted by molar-refractivity contribution is 6.18. The molecule has 10 aromatic rings. The normalized spacial score (nSPS) is 11.2. The second kappa shape index (κ2) is 14.4. The summed E-state index contributed by atoms with van der Waals surface area (Å²) >= 11 is 0. The maximum absolute atomic E-state index is 5.51. The predicted molar refractivity (Wildman–Crippen MR) is 233 cm³/mol. The maximum Gasteiger partial charge on any atom is 0.160 e. The first-order valence-corrected chi connectivity index (χ1v) is 18.9. The molecule has 0 atom stereocenters. The topological polar surface area (TPSA) is 38.7 Å². The van der Waals surface area contributed by atoms with Gasteiger partial charge in [-0.05, 0) is 80.6 Å². The molecule has 0 radical (unpaired) electrons. The zero-order valence-electron chi connectivity index (χ0n) is 30.5. The van der Waals surface area contributed by atoms with E-state index in [0.717, 1.165) is 94.4 Å². The lowest BCUT2D eigenvalue weighted by Crippen LogP contribution is -1.99. The van der Waals surface area contributed by atoms with Crippen molar-refractivity contribution in [3.8, 4) is 78.5 Å². The van der Waals surface area contributed by atoms with Crippen LogP contribution in [0.15, 0.2) is 212 Å². The third kappa shape index (κ3) is 6.31. The van der Waals surface area contributed by atoms with E-state index in [1.54, 1.807) is 0 Å². The molecule has 262 valence electrons.